The van der Waals surface area contributed by atoms with E-state index in [1.54, 1.807) is 0 Å². The van der Waals surface area contributed by atoms with Crippen molar-refractivity contribution in [2.75, 3.05) is 6.54 Å². The van der Waals surface area contributed by atoms with Gasteiger partial charge in [0.15, 0.2) is 6.17 Å². The molecule has 0 aliphatic heterocycles. The monoisotopic (exact) mass is 394 g/mol. The average Bonchev–Trinajstić information content (AvgIpc) is 2.55. The first-order valence-electron chi connectivity index (χ1n) is 9.28. The number of esters is 1. The Labute approximate surface area is 154 Å². The third kappa shape index (κ3) is 8.41. The molecule has 0 aromatic rings. The molecule has 2 N–H and O–H groups in total. The summed E-state index contributed by atoms with van der Waals surface area (Å²) in [6, 6.07) is 0. The van der Waals surface area contributed by atoms with Crippen molar-refractivity contribution in [2.24, 2.45) is 5.92 Å². The molecule has 0 bridgehead atoms. The Morgan fingerprint density at radius 1 is 1.27 bits per heavy atom. The lowest BCUT2D eigenvalue weighted by Crippen LogP contribution is -2.35. The van der Waals surface area contributed by atoms with Gasteiger partial charge in [0.2, 0.25) is 11.9 Å². The van der Waals surface area contributed by atoms with Crippen molar-refractivity contribution in [1.29, 1.82) is 0 Å². The van der Waals surface area contributed by atoms with E-state index in [4.69, 9.17) is 9.47 Å². The van der Waals surface area contributed by atoms with Crippen molar-refractivity contribution in [3.63, 3.8) is 0 Å². The molecule has 1 unspecified atom stereocenters. The number of carbonyl (C=O) groups excluding carboxylic acids is 2. The SMILES string of the molecule is CCCC(=O)O[C@H](C)OC(=O)NCC[C@H](F)[C@H](C1CCCCC1)[P+](=O)O. The summed E-state index contributed by atoms with van der Waals surface area (Å²) in [5.41, 5.74) is -0.892. The van der Waals surface area contributed by atoms with Gasteiger partial charge in [0.25, 0.3) is 0 Å². The maximum absolute atomic E-state index is 14.5. The highest BCUT2D eigenvalue weighted by Crippen LogP contribution is 2.41. The van der Waals surface area contributed by atoms with Gasteiger partial charge in [-0.25, -0.2) is 9.18 Å². The number of ether oxygens (including phenoxy) is 2. The van der Waals surface area contributed by atoms with Crippen LogP contribution in [0.3, 0.4) is 0 Å². The molecule has 1 fully saturated rings. The van der Waals surface area contributed by atoms with Crippen LogP contribution in [0.1, 0.15) is 65.2 Å². The number of hydrogen-bond donors (Lipinski definition) is 2. The van der Waals surface area contributed by atoms with Crippen LogP contribution in [-0.2, 0) is 18.8 Å². The van der Waals surface area contributed by atoms with Crippen molar-refractivity contribution in [3.05, 3.63) is 0 Å². The van der Waals surface area contributed by atoms with Crippen LogP contribution in [-0.4, -0.2) is 41.6 Å². The Morgan fingerprint density at radius 2 is 1.92 bits per heavy atom. The maximum atomic E-state index is 14.5. The normalized spacial score (nSPS) is 19.2. The first-order chi connectivity index (χ1) is 12.3. The van der Waals surface area contributed by atoms with Crippen molar-refractivity contribution < 1.29 is 32.9 Å². The van der Waals surface area contributed by atoms with Gasteiger partial charge in [0.1, 0.15) is 0 Å². The third-order valence-electron chi connectivity index (χ3n) is 4.47. The first kappa shape index (κ1) is 22.8. The van der Waals surface area contributed by atoms with Gasteiger partial charge in [-0.1, -0.05) is 26.2 Å². The van der Waals surface area contributed by atoms with Crippen molar-refractivity contribution in [3.8, 4) is 0 Å². The van der Waals surface area contributed by atoms with Gasteiger partial charge in [-0.3, -0.25) is 4.79 Å². The summed E-state index contributed by atoms with van der Waals surface area (Å²) >= 11 is 0. The molecule has 0 spiro atoms. The first-order valence-corrected chi connectivity index (χ1v) is 10.6. The van der Waals surface area contributed by atoms with Gasteiger partial charge < -0.3 is 14.8 Å². The highest BCUT2D eigenvalue weighted by atomic mass is 31.1. The quantitative estimate of drug-likeness (QED) is 0.332. The van der Waals surface area contributed by atoms with Crippen LogP contribution in [0.2, 0.25) is 0 Å². The second-order valence-electron chi connectivity index (χ2n) is 6.64. The molecule has 7 nitrogen and oxygen atoms in total. The summed E-state index contributed by atoms with van der Waals surface area (Å²) in [7, 11) is -2.61. The molecule has 0 aromatic carbocycles. The largest absolute Gasteiger partial charge is 0.512 e. The van der Waals surface area contributed by atoms with Crippen LogP contribution < -0.4 is 5.32 Å². The van der Waals surface area contributed by atoms with Crippen molar-refractivity contribution in [2.45, 2.75) is 83.3 Å². The number of rotatable bonds is 10. The zero-order valence-electron chi connectivity index (χ0n) is 15.5. The lowest BCUT2D eigenvalue weighted by atomic mass is 9.85. The molecule has 1 aliphatic rings. The lowest BCUT2D eigenvalue weighted by Gasteiger charge is -2.24. The molecule has 1 saturated carbocycles. The molecule has 0 saturated heterocycles. The molecule has 0 aromatic heterocycles. The molecule has 1 rings (SSSR count). The zero-order valence-corrected chi connectivity index (χ0v) is 16.4. The zero-order chi connectivity index (χ0) is 19.5. The predicted octanol–water partition coefficient (Wildman–Crippen LogP) is 3.81. The Hall–Kier alpha value is -1.27. The predicted molar refractivity (Wildman–Crippen MR) is 94.6 cm³/mol. The van der Waals surface area contributed by atoms with Gasteiger partial charge in [-0.15, -0.1) is 0 Å². The van der Waals surface area contributed by atoms with Gasteiger partial charge >= 0.3 is 20.1 Å². The third-order valence-corrected chi connectivity index (χ3v) is 5.73. The van der Waals surface area contributed by atoms with Crippen molar-refractivity contribution >= 4 is 20.1 Å². The van der Waals surface area contributed by atoms with Gasteiger partial charge in [-0.2, -0.15) is 4.89 Å². The summed E-state index contributed by atoms with van der Waals surface area (Å²) in [6.07, 6.45) is 2.00. The Kier molecular flexibility index (Phi) is 10.7. The molecule has 26 heavy (non-hydrogen) atoms. The van der Waals surface area contributed by atoms with E-state index in [1.807, 2.05) is 6.92 Å². The number of alkyl halides is 1. The number of carbonyl (C=O) groups is 2. The summed E-state index contributed by atoms with van der Waals surface area (Å²) in [5.74, 6) is -0.545. The number of halogens is 1. The smallest absolute Gasteiger partial charge is 0.425 e. The Balaban J connectivity index is 2.34. The fraction of sp³-hybridized carbons (Fsp3) is 0.882. The minimum Gasteiger partial charge on any atom is -0.425 e. The fourth-order valence-corrected chi connectivity index (χ4v) is 4.32. The highest BCUT2D eigenvalue weighted by Gasteiger charge is 2.44. The summed E-state index contributed by atoms with van der Waals surface area (Å²) in [6.45, 7) is 3.22. The molecular formula is C17H30FNO6P+. The fourth-order valence-electron chi connectivity index (χ4n) is 3.24. The summed E-state index contributed by atoms with van der Waals surface area (Å²) < 4.78 is 35.8. The summed E-state index contributed by atoms with van der Waals surface area (Å²) in [4.78, 5) is 32.4. The maximum Gasteiger partial charge on any atom is 0.512 e. The number of hydrogen-bond acceptors (Lipinski definition) is 5. The number of amides is 1. The minimum atomic E-state index is -2.61. The molecule has 1 amide bonds. The van der Waals surface area contributed by atoms with E-state index in [0.29, 0.717) is 6.42 Å². The average molecular weight is 394 g/mol. The van der Waals surface area contributed by atoms with Crippen LogP contribution in [0.5, 0.6) is 0 Å². The molecule has 4 atom stereocenters. The minimum absolute atomic E-state index is 0.0258. The van der Waals surface area contributed by atoms with E-state index in [1.165, 1.54) is 6.92 Å². The van der Waals surface area contributed by atoms with Gasteiger partial charge in [-0.05, 0) is 23.8 Å². The molecular weight excluding hydrogens is 364 g/mol. The van der Waals surface area contributed by atoms with Crippen LogP contribution in [0.15, 0.2) is 0 Å². The molecule has 0 heterocycles. The van der Waals surface area contributed by atoms with E-state index in [-0.39, 0.29) is 25.3 Å². The van der Waals surface area contributed by atoms with E-state index in [2.05, 4.69) is 5.32 Å². The topological polar surface area (TPSA) is 102 Å². The molecule has 1 aliphatic carbocycles. The lowest BCUT2D eigenvalue weighted by molar-refractivity contribution is -0.164. The number of alkyl carbamates (subject to hydrolysis) is 1. The molecule has 9 heteroatoms. The standard InChI is InChI=1S/C17H29FNO6P/c1-3-7-15(20)24-12(2)25-17(21)19-11-10-14(18)16(26(22)23)13-8-5-4-6-9-13/h12-14,16H,3-11H2,1-2H3,(H-,19,21,22,23)/p+1/t12-,14-,16-/m0/s1. The number of nitrogens with one attached hydrogen (secondary N) is 1. The van der Waals surface area contributed by atoms with Crippen LogP contribution in [0.4, 0.5) is 9.18 Å². The Bertz CT molecular complexity index is 472. The van der Waals surface area contributed by atoms with E-state index >= 15 is 0 Å². The Morgan fingerprint density at radius 3 is 2.50 bits per heavy atom. The van der Waals surface area contributed by atoms with Crippen LogP contribution >= 0.6 is 8.03 Å². The highest BCUT2D eigenvalue weighted by molar-refractivity contribution is 7.39. The van der Waals surface area contributed by atoms with Crippen molar-refractivity contribution in [1.82, 2.24) is 5.32 Å². The van der Waals surface area contributed by atoms with E-state index in [0.717, 1.165) is 32.1 Å². The van der Waals surface area contributed by atoms with Gasteiger partial charge in [0, 0.05) is 32.2 Å². The molecule has 150 valence electrons. The second kappa shape index (κ2) is 12.2. The van der Waals surface area contributed by atoms with Crippen LogP contribution in [0, 0.1) is 5.92 Å². The second-order valence-corrected chi connectivity index (χ2v) is 7.84. The van der Waals surface area contributed by atoms with E-state index in [9.17, 15) is 23.4 Å². The van der Waals surface area contributed by atoms with Crippen LogP contribution in [0.25, 0.3) is 0 Å². The summed E-state index contributed by atoms with van der Waals surface area (Å²) in [5, 5.41) is 2.38. The van der Waals surface area contributed by atoms with Gasteiger partial charge in [0.05, 0.1) is 0 Å². The van der Waals surface area contributed by atoms with E-state index < -0.39 is 38.2 Å². The molecule has 0 radical (unpaired) electrons.